The van der Waals surface area contributed by atoms with Crippen molar-refractivity contribution >= 4 is 5.91 Å². The van der Waals surface area contributed by atoms with Crippen molar-refractivity contribution in [1.29, 1.82) is 5.26 Å². The molecule has 1 aromatic rings. The molecular formula is C10H15N5O. The fourth-order valence-electron chi connectivity index (χ4n) is 1.12. The number of carbonyl (C=O) groups excluding carboxylic acids is 1. The molecule has 1 heterocycles. The molecule has 86 valence electrons. The number of aryl methyl sites for hydroxylation is 1. The molecule has 0 fully saturated rings. The summed E-state index contributed by atoms with van der Waals surface area (Å²) < 4.78 is 0. The number of nitrogens with zero attached hydrogens (tertiary/aromatic N) is 3. The SMILES string of the molecule is CCCc1nc(C(=O)NCC(C)C#N)n[nH]1. The van der Waals surface area contributed by atoms with Crippen LogP contribution in [-0.4, -0.2) is 27.6 Å². The van der Waals surface area contributed by atoms with Gasteiger partial charge in [0, 0.05) is 13.0 Å². The van der Waals surface area contributed by atoms with Crippen molar-refractivity contribution in [3.05, 3.63) is 11.6 Å². The highest BCUT2D eigenvalue weighted by molar-refractivity contribution is 5.90. The monoisotopic (exact) mass is 221 g/mol. The van der Waals surface area contributed by atoms with Crippen LogP contribution in [0.1, 0.15) is 36.7 Å². The van der Waals surface area contributed by atoms with Crippen molar-refractivity contribution in [1.82, 2.24) is 20.5 Å². The lowest BCUT2D eigenvalue weighted by Gasteiger charge is -2.02. The largest absolute Gasteiger partial charge is 0.348 e. The lowest BCUT2D eigenvalue weighted by Crippen LogP contribution is -2.28. The quantitative estimate of drug-likeness (QED) is 0.763. The third kappa shape index (κ3) is 3.35. The predicted octanol–water partition coefficient (Wildman–Crippen LogP) is 0.647. The molecule has 0 bridgehead atoms. The second kappa shape index (κ2) is 5.85. The molecule has 1 amide bonds. The van der Waals surface area contributed by atoms with Gasteiger partial charge in [0.05, 0.1) is 12.0 Å². The molecule has 0 aliphatic rings. The highest BCUT2D eigenvalue weighted by atomic mass is 16.2. The van der Waals surface area contributed by atoms with E-state index in [-0.39, 0.29) is 17.6 Å². The summed E-state index contributed by atoms with van der Waals surface area (Å²) in [5.41, 5.74) is 0. The van der Waals surface area contributed by atoms with Gasteiger partial charge in [-0.25, -0.2) is 4.98 Å². The van der Waals surface area contributed by atoms with Gasteiger partial charge in [0.2, 0.25) is 5.82 Å². The average Bonchev–Trinajstić information content (AvgIpc) is 2.74. The van der Waals surface area contributed by atoms with Crippen LogP contribution in [0.3, 0.4) is 0 Å². The van der Waals surface area contributed by atoms with Crippen LogP contribution in [0.25, 0.3) is 0 Å². The summed E-state index contributed by atoms with van der Waals surface area (Å²) in [6, 6.07) is 2.03. The van der Waals surface area contributed by atoms with Crippen LogP contribution in [0.15, 0.2) is 0 Å². The fraction of sp³-hybridized carbons (Fsp3) is 0.600. The van der Waals surface area contributed by atoms with Crippen LogP contribution in [0.4, 0.5) is 0 Å². The first-order chi connectivity index (χ1) is 7.67. The van der Waals surface area contributed by atoms with Crippen LogP contribution in [0.5, 0.6) is 0 Å². The van der Waals surface area contributed by atoms with Gasteiger partial charge < -0.3 is 5.32 Å². The highest BCUT2D eigenvalue weighted by Crippen LogP contribution is 1.97. The Morgan fingerprint density at radius 3 is 3.06 bits per heavy atom. The molecule has 0 saturated carbocycles. The first-order valence-electron chi connectivity index (χ1n) is 5.26. The average molecular weight is 221 g/mol. The number of aromatic amines is 1. The van der Waals surface area contributed by atoms with Crippen LogP contribution in [-0.2, 0) is 6.42 Å². The fourth-order valence-corrected chi connectivity index (χ4v) is 1.12. The minimum absolute atomic E-state index is 0.133. The smallest absolute Gasteiger partial charge is 0.290 e. The number of aromatic nitrogens is 3. The number of nitrogens with one attached hydrogen (secondary N) is 2. The Hall–Kier alpha value is -1.90. The van der Waals surface area contributed by atoms with E-state index in [2.05, 4.69) is 20.5 Å². The maximum Gasteiger partial charge on any atom is 0.290 e. The van der Waals surface area contributed by atoms with Crippen molar-refractivity contribution in [2.24, 2.45) is 5.92 Å². The number of rotatable bonds is 5. The van der Waals surface area contributed by atoms with E-state index in [1.54, 1.807) is 6.92 Å². The van der Waals surface area contributed by atoms with Crippen molar-refractivity contribution in [3.63, 3.8) is 0 Å². The molecule has 6 heteroatoms. The highest BCUT2D eigenvalue weighted by Gasteiger charge is 2.12. The molecule has 0 radical (unpaired) electrons. The molecule has 0 saturated heterocycles. The van der Waals surface area contributed by atoms with Crippen LogP contribution >= 0.6 is 0 Å². The van der Waals surface area contributed by atoms with E-state index in [4.69, 9.17) is 5.26 Å². The van der Waals surface area contributed by atoms with Gasteiger partial charge in [0.15, 0.2) is 0 Å². The van der Waals surface area contributed by atoms with Gasteiger partial charge in [0.1, 0.15) is 5.82 Å². The minimum Gasteiger partial charge on any atom is -0.348 e. The summed E-state index contributed by atoms with van der Waals surface area (Å²) in [4.78, 5) is 15.6. The number of carbonyl (C=O) groups is 1. The van der Waals surface area contributed by atoms with Gasteiger partial charge in [-0.2, -0.15) is 5.26 Å². The van der Waals surface area contributed by atoms with Crippen molar-refractivity contribution < 1.29 is 4.79 Å². The number of amides is 1. The Labute approximate surface area is 94.1 Å². The molecule has 1 aromatic heterocycles. The Balaban J connectivity index is 2.50. The van der Waals surface area contributed by atoms with E-state index in [1.807, 2.05) is 13.0 Å². The molecule has 1 unspecified atom stereocenters. The molecule has 0 aliphatic carbocycles. The Morgan fingerprint density at radius 1 is 1.69 bits per heavy atom. The normalized spacial score (nSPS) is 11.8. The predicted molar refractivity (Wildman–Crippen MR) is 57.5 cm³/mol. The van der Waals surface area contributed by atoms with E-state index >= 15 is 0 Å². The van der Waals surface area contributed by atoms with Gasteiger partial charge in [-0.05, 0) is 13.3 Å². The van der Waals surface area contributed by atoms with Gasteiger partial charge >= 0.3 is 0 Å². The summed E-state index contributed by atoms with van der Waals surface area (Å²) in [7, 11) is 0. The van der Waals surface area contributed by atoms with Gasteiger partial charge in [-0.15, -0.1) is 5.10 Å². The summed E-state index contributed by atoms with van der Waals surface area (Å²) in [5.74, 6) is 0.285. The lowest BCUT2D eigenvalue weighted by atomic mass is 10.2. The minimum atomic E-state index is -0.347. The number of H-pyrrole nitrogens is 1. The zero-order chi connectivity index (χ0) is 12.0. The Kier molecular flexibility index (Phi) is 4.45. The summed E-state index contributed by atoms with van der Waals surface area (Å²) >= 11 is 0. The zero-order valence-corrected chi connectivity index (χ0v) is 9.45. The summed E-state index contributed by atoms with van der Waals surface area (Å²) in [6.07, 6.45) is 1.72. The van der Waals surface area contributed by atoms with Gasteiger partial charge in [0.25, 0.3) is 5.91 Å². The van der Waals surface area contributed by atoms with Gasteiger partial charge in [-0.1, -0.05) is 6.92 Å². The molecule has 2 N–H and O–H groups in total. The van der Waals surface area contributed by atoms with Crippen LogP contribution in [0, 0.1) is 17.2 Å². The third-order valence-corrected chi connectivity index (χ3v) is 2.01. The van der Waals surface area contributed by atoms with E-state index in [0.29, 0.717) is 12.4 Å². The number of hydrogen-bond donors (Lipinski definition) is 2. The third-order valence-electron chi connectivity index (χ3n) is 2.01. The maximum absolute atomic E-state index is 11.5. The first-order valence-corrected chi connectivity index (χ1v) is 5.26. The molecule has 0 spiro atoms. The maximum atomic E-state index is 11.5. The molecule has 1 atom stereocenters. The molecule has 6 nitrogen and oxygen atoms in total. The lowest BCUT2D eigenvalue weighted by molar-refractivity contribution is 0.0940. The van der Waals surface area contributed by atoms with Gasteiger partial charge in [-0.3, -0.25) is 9.89 Å². The van der Waals surface area contributed by atoms with Crippen molar-refractivity contribution in [3.8, 4) is 6.07 Å². The summed E-state index contributed by atoms with van der Waals surface area (Å²) in [6.45, 7) is 4.07. The molecular weight excluding hydrogens is 206 g/mol. The van der Waals surface area contributed by atoms with Crippen LogP contribution in [0.2, 0.25) is 0 Å². The second-order valence-corrected chi connectivity index (χ2v) is 3.60. The van der Waals surface area contributed by atoms with Crippen LogP contribution < -0.4 is 5.32 Å². The molecule has 0 aliphatic heterocycles. The molecule has 16 heavy (non-hydrogen) atoms. The second-order valence-electron chi connectivity index (χ2n) is 3.60. The number of hydrogen-bond acceptors (Lipinski definition) is 4. The molecule has 0 aromatic carbocycles. The Bertz CT molecular complexity index is 392. The number of nitriles is 1. The van der Waals surface area contributed by atoms with E-state index < -0.39 is 0 Å². The van der Waals surface area contributed by atoms with E-state index in [9.17, 15) is 4.79 Å². The standard InChI is InChI=1S/C10H15N5O/c1-3-4-8-13-9(15-14-8)10(16)12-6-7(2)5-11/h7H,3-4,6H2,1-2H3,(H,12,16)(H,13,14,15). The summed E-state index contributed by atoms with van der Waals surface area (Å²) in [5, 5.41) is 17.7. The Morgan fingerprint density at radius 2 is 2.44 bits per heavy atom. The van der Waals surface area contributed by atoms with Crippen molar-refractivity contribution in [2.45, 2.75) is 26.7 Å². The van der Waals surface area contributed by atoms with E-state index in [0.717, 1.165) is 12.8 Å². The zero-order valence-electron chi connectivity index (χ0n) is 9.45. The molecule has 1 rings (SSSR count). The van der Waals surface area contributed by atoms with Crippen molar-refractivity contribution in [2.75, 3.05) is 6.54 Å². The first kappa shape index (κ1) is 12.2. The topological polar surface area (TPSA) is 94.5 Å². The van der Waals surface area contributed by atoms with E-state index in [1.165, 1.54) is 0 Å².